The van der Waals surface area contributed by atoms with Crippen LogP contribution >= 0.6 is 0 Å². The van der Waals surface area contributed by atoms with Crippen LogP contribution in [0.5, 0.6) is 0 Å². The molecule has 1 spiro atoms. The van der Waals surface area contributed by atoms with E-state index in [1.807, 2.05) is 0 Å². The summed E-state index contributed by atoms with van der Waals surface area (Å²) in [6.07, 6.45) is 18.0. The molecule has 2 unspecified atom stereocenters. The number of rotatable bonds is 3. The molecule has 3 rings (SSSR count). The fourth-order valence-electron chi connectivity index (χ4n) is 4.54. The second-order valence-corrected chi connectivity index (χ2v) is 7.32. The SMILES string of the molecule is NC(CC1=CCCCC1)C1CCOC2(CCCCC2)C1. The lowest BCUT2D eigenvalue weighted by atomic mass is 9.73. The Kier molecular flexibility index (Phi) is 4.83. The molecule has 0 aromatic heterocycles. The van der Waals surface area contributed by atoms with Crippen LogP contribution in [0.15, 0.2) is 11.6 Å². The highest BCUT2D eigenvalue weighted by molar-refractivity contribution is 5.08. The first kappa shape index (κ1) is 14.6. The van der Waals surface area contributed by atoms with E-state index in [1.165, 1.54) is 70.6 Å². The first-order valence-electron chi connectivity index (χ1n) is 8.85. The summed E-state index contributed by atoms with van der Waals surface area (Å²) in [6.45, 7) is 0.942. The molecule has 1 heterocycles. The standard InChI is InChI=1S/C18H31NO/c19-17(13-15-7-3-1-4-8-15)16-9-12-20-18(14-16)10-5-2-6-11-18/h7,16-17H,1-6,8-14,19H2. The molecule has 1 saturated carbocycles. The predicted molar refractivity (Wildman–Crippen MR) is 83.6 cm³/mol. The summed E-state index contributed by atoms with van der Waals surface area (Å²) in [5.41, 5.74) is 8.41. The van der Waals surface area contributed by atoms with Gasteiger partial charge in [-0.1, -0.05) is 30.9 Å². The van der Waals surface area contributed by atoms with E-state index in [1.54, 1.807) is 5.57 Å². The van der Waals surface area contributed by atoms with Crippen LogP contribution in [0.1, 0.15) is 77.0 Å². The molecule has 0 aromatic carbocycles. The third kappa shape index (κ3) is 3.46. The van der Waals surface area contributed by atoms with Gasteiger partial charge in [0.15, 0.2) is 0 Å². The number of allylic oxidation sites excluding steroid dienone is 1. The summed E-state index contributed by atoms with van der Waals surface area (Å²) in [7, 11) is 0. The van der Waals surface area contributed by atoms with Crippen LogP contribution in [0, 0.1) is 5.92 Å². The van der Waals surface area contributed by atoms with Gasteiger partial charge in [-0.05, 0) is 63.7 Å². The van der Waals surface area contributed by atoms with Crippen molar-refractivity contribution in [1.29, 1.82) is 0 Å². The van der Waals surface area contributed by atoms with E-state index in [0.717, 1.165) is 13.0 Å². The average molecular weight is 277 g/mol. The molecule has 20 heavy (non-hydrogen) atoms. The van der Waals surface area contributed by atoms with E-state index >= 15 is 0 Å². The Balaban J connectivity index is 1.56. The van der Waals surface area contributed by atoms with Gasteiger partial charge in [0.2, 0.25) is 0 Å². The van der Waals surface area contributed by atoms with Crippen molar-refractivity contribution in [2.45, 2.75) is 88.7 Å². The van der Waals surface area contributed by atoms with Crippen LogP contribution in [0.4, 0.5) is 0 Å². The molecule has 0 bridgehead atoms. The third-order valence-electron chi connectivity index (χ3n) is 5.78. The van der Waals surface area contributed by atoms with Crippen molar-refractivity contribution in [2.75, 3.05) is 6.61 Å². The zero-order chi connectivity index (χ0) is 13.8. The van der Waals surface area contributed by atoms with Gasteiger partial charge < -0.3 is 10.5 Å². The highest BCUT2D eigenvalue weighted by Gasteiger charge is 2.40. The maximum Gasteiger partial charge on any atom is 0.0685 e. The van der Waals surface area contributed by atoms with Gasteiger partial charge in [0.1, 0.15) is 0 Å². The minimum absolute atomic E-state index is 0.208. The van der Waals surface area contributed by atoms with Crippen LogP contribution in [0.2, 0.25) is 0 Å². The summed E-state index contributed by atoms with van der Waals surface area (Å²) in [5, 5.41) is 0. The quantitative estimate of drug-likeness (QED) is 0.779. The molecule has 3 aliphatic rings. The molecule has 2 aliphatic carbocycles. The Bertz CT molecular complexity index is 338. The van der Waals surface area contributed by atoms with Crippen LogP contribution < -0.4 is 5.73 Å². The molecule has 0 amide bonds. The molecular formula is C18H31NO. The molecule has 0 aromatic rings. The van der Waals surface area contributed by atoms with Crippen molar-refractivity contribution in [3.63, 3.8) is 0 Å². The number of ether oxygens (including phenoxy) is 1. The van der Waals surface area contributed by atoms with Crippen LogP contribution in [0.3, 0.4) is 0 Å². The van der Waals surface area contributed by atoms with Gasteiger partial charge in [-0.25, -0.2) is 0 Å². The molecule has 2 heteroatoms. The van der Waals surface area contributed by atoms with Crippen LogP contribution in [-0.2, 0) is 4.74 Å². The molecule has 2 N–H and O–H groups in total. The van der Waals surface area contributed by atoms with Crippen molar-refractivity contribution in [3.8, 4) is 0 Å². The van der Waals surface area contributed by atoms with Crippen molar-refractivity contribution < 1.29 is 4.74 Å². The summed E-state index contributed by atoms with van der Waals surface area (Å²) < 4.78 is 6.21. The third-order valence-corrected chi connectivity index (χ3v) is 5.78. The van der Waals surface area contributed by atoms with Gasteiger partial charge >= 0.3 is 0 Å². The zero-order valence-corrected chi connectivity index (χ0v) is 12.9. The van der Waals surface area contributed by atoms with Crippen molar-refractivity contribution >= 4 is 0 Å². The van der Waals surface area contributed by atoms with Crippen molar-refractivity contribution in [2.24, 2.45) is 11.7 Å². The maximum absolute atomic E-state index is 6.57. The minimum Gasteiger partial charge on any atom is -0.375 e. The largest absolute Gasteiger partial charge is 0.375 e. The van der Waals surface area contributed by atoms with Crippen LogP contribution in [-0.4, -0.2) is 18.2 Å². The van der Waals surface area contributed by atoms with Gasteiger partial charge in [0, 0.05) is 12.6 Å². The Morgan fingerprint density at radius 2 is 2.05 bits per heavy atom. The summed E-state index contributed by atoms with van der Waals surface area (Å²) in [5.74, 6) is 0.685. The number of hydrogen-bond acceptors (Lipinski definition) is 2. The first-order chi connectivity index (χ1) is 9.77. The fourth-order valence-corrected chi connectivity index (χ4v) is 4.54. The summed E-state index contributed by atoms with van der Waals surface area (Å²) in [4.78, 5) is 0. The highest BCUT2D eigenvalue weighted by Crippen LogP contribution is 2.42. The maximum atomic E-state index is 6.57. The van der Waals surface area contributed by atoms with Gasteiger partial charge in [-0.2, -0.15) is 0 Å². The number of hydrogen-bond donors (Lipinski definition) is 1. The van der Waals surface area contributed by atoms with Crippen molar-refractivity contribution in [3.05, 3.63) is 11.6 Å². The lowest BCUT2D eigenvalue weighted by Crippen LogP contribution is -2.46. The van der Waals surface area contributed by atoms with Gasteiger partial charge in [-0.3, -0.25) is 0 Å². The topological polar surface area (TPSA) is 35.2 Å². The molecule has 2 nitrogen and oxygen atoms in total. The van der Waals surface area contributed by atoms with E-state index in [2.05, 4.69) is 6.08 Å². The van der Waals surface area contributed by atoms with E-state index in [9.17, 15) is 0 Å². The predicted octanol–water partition coefficient (Wildman–Crippen LogP) is 4.33. The smallest absolute Gasteiger partial charge is 0.0685 e. The second kappa shape index (κ2) is 6.62. The molecule has 1 aliphatic heterocycles. The molecule has 0 radical (unpaired) electrons. The van der Waals surface area contributed by atoms with Gasteiger partial charge in [0.25, 0.3) is 0 Å². The zero-order valence-electron chi connectivity index (χ0n) is 12.9. The van der Waals surface area contributed by atoms with Crippen molar-refractivity contribution in [1.82, 2.24) is 0 Å². The first-order valence-corrected chi connectivity index (χ1v) is 8.85. The second-order valence-electron chi connectivity index (χ2n) is 7.32. The summed E-state index contributed by atoms with van der Waals surface area (Å²) >= 11 is 0. The normalized spacial score (nSPS) is 31.9. The van der Waals surface area contributed by atoms with E-state index in [-0.39, 0.29) is 5.60 Å². The molecule has 1 saturated heterocycles. The minimum atomic E-state index is 0.208. The highest BCUT2D eigenvalue weighted by atomic mass is 16.5. The Labute approximate surface area is 124 Å². The lowest BCUT2D eigenvalue weighted by molar-refractivity contribution is -0.120. The van der Waals surface area contributed by atoms with Gasteiger partial charge in [0.05, 0.1) is 5.60 Å². The Hall–Kier alpha value is -0.340. The van der Waals surface area contributed by atoms with Gasteiger partial charge in [-0.15, -0.1) is 0 Å². The van der Waals surface area contributed by atoms with E-state index in [0.29, 0.717) is 12.0 Å². The molecular weight excluding hydrogens is 246 g/mol. The molecule has 2 atom stereocenters. The molecule has 114 valence electrons. The lowest BCUT2D eigenvalue weighted by Gasteiger charge is -2.45. The van der Waals surface area contributed by atoms with Crippen LogP contribution in [0.25, 0.3) is 0 Å². The van der Waals surface area contributed by atoms with E-state index < -0.39 is 0 Å². The monoisotopic (exact) mass is 277 g/mol. The number of nitrogens with two attached hydrogens (primary N) is 1. The summed E-state index contributed by atoms with van der Waals surface area (Å²) in [6, 6.07) is 0.363. The Morgan fingerprint density at radius 3 is 2.80 bits per heavy atom. The fraction of sp³-hybridized carbons (Fsp3) is 0.889. The molecule has 2 fully saturated rings. The van der Waals surface area contributed by atoms with E-state index in [4.69, 9.17) is 10.5 Å². The average Bonchev–Trinajstić information content (AvgIpc) is 2.49. The Morgan fingerprint density at radius 1 is 1.20 bits per heavy atom.